The first kappa shape index (κ1) is 23.0. The van der Waals surface area contributed by atoms with Gasteiger partial charge in [0.25, 0.3) is 5.91 Å². The summed E-state index contributed by atoms with van der Waals surface area (Å²) in [6.45, 7) is 5.71. The first-order valence-electron chi connectivity index (χ1n) is 11.1. The number of hydrogen-bond acceptors (Lipinski definition) is 7. The summed E-state index contributed by atoms with van der Waals surface area (Å²) in [5, 5.41) is 2.96. The first-order valence-corrected chi connectivity index (χ1v) is 11.1. The van der Waals surface area contributed by atoms with Gasteiger partial charge in [0, 0.05) is 58.4 Å². The molecule has 0 spiro atoms. The molecule has 9 heteroatoms. The Balaban J connectivity index is 1.48. The molecule has 2 fully saturated rings. The topological polar surface area (TPSA) is 101 Å². The SMILES string of the molecule is CCOC(=O)CCCC(=O)N1CCN(c2ncccc2C(=O)NC[C@H]2CCCO2)CC1. The number of pyridine rings is 1. The number of nitrogens with one attached hydrogen (secondary N) is 1. The number of hydrogen-bond donors (Lipinski definition) is 1. The molecular weight excluding hydrogens is 400 g/mol. The van der Waals surface area contributed by atoms with E-state index in [1.54, 1.807) is 25.3 Å². The normalized spacial score (nSPS) is 18.7. The summed E-state index contributed by atoms with van der Waals surface area (Å²) in [6, 6.07) is 3.54. The van der Waals surface area contributed by atoms with Crippen LogP contribution in [0.3, 0.4) is 0 Å². The van der Waals surface area contributed by atoms with Gasteiger partial charge in [-0.15, -0.1) is 0 Å². The Bertz CT molecular complexity index is 758. The van der Waals surface area contributed by atoms with Crippen molar-refractivity contribution >= 4 is 23.6 Å². The molecule has 3 rings (SSSR count). The maximum Gasteiger partial charge on any atom is 0.305 e. The van der Waals surface area contributed by atoms with Gasteiger partial charge in [0.1, 0.15) is 5.82 Å². The molecule has 2 aliphatic heterocycles. The average molecular weight is 433 g/mol. The molecule has 1 atom stereocenters. The maximum absolute atomic E-state index is 12.7. The molecule has 2 saturated heterocycles. The Labute approximate surface area is 183 Å². The van der Waals surface area contributed by atoms with Crippen molar-refractivity contribution in [2.45, 2.75) is 45.1 Å². The second-order valence-corrected chi connectivity index (χ2v) is 7.75. The molecule has 0 aliphatic carbocycles. The molecular formula is C22H32N4O5. The van der Waals surface area contributed by atoms with Crippen LogP contribution in [0.4, 0.5) is 5.82 Å². The van der Waals surface area contributed by atoms with Gasteiger partial charge < -0.3 is 24.6 Å². The van der Waals surface area contributed by atoms with Gasteiger partial charge in [0.15, 0.2) is 0 Å². The molecule has 170 valence electrons. The Morgan fingerprint density at radius 2 is 2.03 bits per heavy atom. The van der Waals surface area contributed by atoms with Gasteiger partial charge in [0.2, 0.25) is 5.91 Å². The van der Waals surface area contributed by atoms with Crippen LogP contribution < -0.4 is 10.2 Å². The standard InChI is InChI=1S/C22H32N4O5/c1-2-30-20(28)9-3-8-19(27)25-11-13-26(14-12-25)21-18(7-4-10-23-21)22(29)24-16-17-6-5-15-31-17/h4,7,10,17H,2-3,5-6,8-9,11-16H2,1H3,(H,24,29)/t17-/m1/s1. The van der Waals surface area contributed by atoms with Crippen LogP contribution in [0.2, 0.25) is 0 Å². The van der Waals surface area contributed by atoms with Crippen LogP contribution in [0.1, 0.15) is 49.4 Å². The molecule has 0 saturated carbocycles. The number of rotatable bonds is 9. The molecule has 1 aromatic heterocycles. The van der Waals surface area contributed by atoms with Gasteiger partial charge in [-0.3, -0.25) is 14.4 Å². The average Bonchev–Trinajstić information content (AvgIpc) is 3.31. The molecule has 9 nitrogen and oxygen atoms in total. The van der Waals surface area contributed by atoms with Crippen LogP contribution in [0, 0.1) is 0 Å². The zero-order chi connectivity index (χ0) is 22.1. The molecule has 0 aromatic carbocycles. The number of esters is 1. The smallest absolute Gasteiger partial charge is 0.305 e. The predicted molar refractivity (Wildman–Crippen MR) is 115 cm³/mol. The minimum Gasteiger partial charge on any atom is -0.466 e. The Hall–Kier alpha value is -2.68. The van der Waals surface area contributed by atoms with Crippen LogP contribution in [-0.4, -0.2) is 79.7 Å². The monoisotopic (exact) mass is 432 g/mol. The van der Waals surface area contributed by atoms with Gasteiger partial charge in [-0.2, -0.15) is 0 Å². The van der Waals surface area contributed by atoms with E-state index in [0.29, 0.717) is 63.6 Å². The molecule has 3 heterocycles. The quantitative estimate of drug-likeness (QED) is 0.588. The molecule has 1 N–H and O–H groups in total. The van der Waals surface area contributed by atoms with E-state index in [4.69, 9.17) is 9.47 Å². The highest BCUT2D eigenvalue weighted by Crippen LogP contribution is 2.20. The van der Waals surface area contributed by atoms with Crippen molar-refractivity contribution in [3.05, 3.63) is 23.9 Å². The molecule has 0 unspecified atom stereocenters. The fourth-order valence-corrected chi connectivity index (χ4v) is 3.88. The minimum atomic E-state index is -0.263. The minimum absolute atomic E-state index is 0.0412. The Morgan fingerprint density at radius 3 is 2.74 bits per heavy atom. The highest BCUT2D eigenvalue weighted by Gasteiger charge is 2.25. The van der Waals surface area contributed by atoms with Crippen molar-refractivity contribution in [2.24, 2.45) is 0 Å². The number of aromatic nitrogens is 1. The molecule has 0 bridgehead atoms. The van der Waals surface area contributed by atoms with E-state index < -0.39 is 0 Å². The number of anilines is 1. The van der Waals surface area contributed by atoms with Crippen molar-refractivity contribution in [2.75, 3.05) is 50.8 Å². The van der Waals surface area contributed by atoms with E-state index >= 15 is 0 Å². The number of carbonyl (C=O) groups excluding carboxylic acids is 3. The number of amides is 2. The lowest BCUT2D eigenvalue weighted by Crippen LogP contribution is -2.49. The number of nitrogens with zero attached hydrogens (tertiary/aromatic N) is 3. The van der Waals surface area contributed by atoms with Gasteiger partial charge in [0.05, 0.1) is 18.3 Å². The lowest BCUT2D eigenvalue weighted by atomic mass is 10.1. The second-order valence-electron chi connectivity index (χ2n) is 7.75. The van der Waals surface area contributed by atoms with Gasteiger partial charge in [-0.1, -0.05) is 0 Å². The van der Waals surface area contributed by atoms with Crippen molar-refractivity contribution in [3.63, 3.8) is 0 Å². The second kappa shape index (κ2) is 11.6. The molecule has 1 aromatic rings. The fourth-order valence-electron chi connectivity index (χ4n) is 3.88. The third-order valence-electron chi connectivity index (χ3n) is 5.55. The summed E-state index contributed by atoms with van der Waals surface area (Å²) in [4.78, 5) is 44.9. The van der Waals surface area contributed by atoms with E-state index in [1.807, 2.05) is 9.80 Å². The number of carbonyl (C=O) groups is 3. The van der Waals surface area contributed by atoms with Crippen molar-refractivity contribution in [1.82, 2.24) is 15.2 Å². The lowest BCUT2D eigenvalue weighted by Gasteiger charge is -2.36. The van der Waals surface area contributed by atoms with E-state index in [-0.39, 0.29) is 30.3 Å². The van der Waals surface area contributed by atoms with Crippen LogP contribution in [-0.2, 0) is 19.1 Å². The van der Waals surface area contributed by atoms with Crippen LogP contribution in [0.25, 0.3) is 0 Å². The van der Waals surface area contributed by atoms with Gasteiger partial charge in [-0.05, 0) is 38.3 Å². The Morgan fingerprint density at radius 1 is 1.23 bits per heavy atom. The van der Waals surface area contributed by atoms with Crippen molar-refractivity contribution < 1.29 is 23.9 Å². The summed E-state index contributed by atoms with van der Waals surface area (Å²) in [7, 11) is 0. The summed E-state index contributed by atoms with van der Waals surface area (Å²) < 4.78 is 10.5. The summed E-state index contributed by atoms with van der Waals surface area (Å²) in [6.07, 6.45) is 4.85. The van der Waals surface area contributed by atoms with Crippen LogP contribution in [0.15, 0.2) is 18.3 Å². The maximum atomic E-state index is 12.7. The number of piperazine rings is 1. The van der Waals surface area contributed by atoms with Crippen LogP contribution >= 0.6 is 0 Å². The van der Waals surface area contributed by atoms with Gasteiger partial charge in [-0.25, -0.2) is 4.98 Å². The van der Waals surface area contributed by atoms with Gasteiger partial charge >= 0.3 is 5.97 Å². The molecule has 2 aliphatic rings. The van der Waals surface area contributed by atoms with E-state index in [9.17, 15) is 14.4 Å². The largest absolute Gasteiger partial charge is 0.466 e. The Kier molecular flexibility index (Phi) is 8.63. The predicted octanol–water partition coefficient (Wildman–Crippen LogP) is 1.37. The third kappa shape index (κ3) is 6.65. The zero-order valence-corrected chi connectivity index (χ0v) is 18.2. The summed E-state index contributed by atoms with van der Waals surface area (Å²) in [5.41, 5.74) is 0.537. The first-order chi connectivity index (χ1) is 15.1. The molecule has 0 radical (unpaired) electrons. The highest BCUT2D eigenvalue weighted by atomic mass is 16.5. The molecule has 2 amide bonds. The van der Waals surface area contributed by atoms with Crippen molar-refractivity contribution in [1.29, 1.82) is 0 Å². The van der Waals surface area contributed by atoms with E-state index in [0.717, 1.165) is 19.4 Å². The third-order valence-corrected chi connectivity index (χ3v) is 5.55. The lowest BCUT2D eigenvalue weighted by molar-refractivity contribution is -0.143. The van der Waals surface area contributed by atoms with E-state index in [2.05, 4.69) is 10.3 Å². The van der Waals surface area contributed by atoms with Crippen LogP contribution in [0.5, 0.6) is 0 Å². The summed E-state index contributed by atoms with van der Waals surface area (Å²) in [5.74, 6) is 0.262. The summed E-state index contributed by atoms with van der Waals surface area (Å²) >= 11 is 0. The fraction of sp³-hybridized carbons (Fsp3) is 0.636. The molecule has 31 heavy (non-hydrogen) atoms. The highest BCUT2D eigenvalue weighted by molar-refractivity contribution is 5.99. The number of ether oxygens (including phenoxy) is 2. The van der Waals surface area contributed by atoms with E-state index in [1.165, 1.54) is 0 Å². The van der Waals surface area contributed by atoms with Crippen molar-refractivity contribution in [3.8, 4) is 0 Å². The zero-order valence-electron chi connectivity index (χ0n) is 18.2.